The van der Waals surface area contributed by atoms with Crippen LogP contribution in [-0.4, -0.2) is 32.0 Å². The maximum atomic E-state index is 12.4. The summed E-state index contributed by atoms with van der Waals surface area (Å²) in [6.45, 7) is 5.84. The zero-order valence-corrected chi connectivity index (χ0v) is 14.3. The van der Waals surface area contributed by atoms with Crippen LogP contribution in [-0.2, 0) is 12.1 Å². The van der Waals surface area contributed by atoms with Gasteiger partial charge in [-0.3, -0.25) is 9.48 Å². The van der Waals surface area contributed by atoms with Crippen molar-refractivity contribution in [2.24, 2.45) is 5.92 Å². The zero-order chi connectivity index (χ0) is 17.3. The molecule has 3 rings (SSSR count). The quantitative estimate of drug-likeness (QED) is 0.873. The van der Waals surface area contributed by atoms with Crippen LogP contribution in [0.15, 0.2) is 22.9 Å². The monoisotopic (exact) mass is 332 g/mol. The standard InChI is InChI=1S/C17H24N4O3/c1-11-13(7-8-24-11)16(22)18-14-6-4-5-12(14)9-21-10-15(19-20-21)17(2,3)23/h7-8,10,12,14,23H,4-6,9H2,1-3H3,(H,18,22)/t12-,14-/m1/s1. The summed E-state index contributed by atoms with van der Waals surface area (Å²) >= 11 is 0. The Labute approximate surface area is 141 Å². The van der Waals surface area contributed by atoms with E-state index in [4.69, 9.17) is 4.42 Å². The van der Waals surface area contributed by atoms with E-state index in [0.717, 1.165) is 19.3 Å². The van der Waals surface area contributed by atoms with Gasteiger partial charge in [-0.15, -0.1) is 5.10 Å². The smallest absolute Gasteiger partial charge is 0.255 e. The molecule has 0 spiro atoms. The van der Waals surface area contributed by atoms with E-state index in [9.17, 15) is 9.90 Å². The fourth-order valence-electron chi connectivity index (χ4n) is 3.22. The highest BCUT2D eigenvalue weighted by molar-refractivity contribution is 5.95. The van der Waals surface area contributed by atoms with Crippen molar-refractivity contribution in [1.29, 1.82) is 0 Å². The second kappa shape index (κ2) is 6.39. The Morgan fingerprint density at radius 2 is 2.29 bits per heavy atom. The molecule has 1 amide bonds. The molecule has 7 heteroatoms. The number of hydrogen-bond donors (Lipinski definition) is 2. The number of aryl methyl sites for hydroxylation is 1. The summed E-state index contributed by atoms with van der Waals surface area (Å²) in [6.07, 6.45) is 6.38. The topological polar surface area (TPSA) is 93.2 Å². The first-order valence-electron chi connectivity index (χ1n) is 8.32. The Balaban J connectivity index is 1.64. The number of aromatic nitrogens is 3. The summed E-state index contributed by atoms with van der Waals surface area (Å²) in [6, 6.07) is 1.81. The molecule has 0 radical (unpaired) electrons. The van der Waals surface area contributed by atoms with E-state index in [2.05, 4.69) is 15.6 Å². The molecular weight excluding hydrogens is 308 g/mol. The van der Waals surface area contributed by atoms with Gasteiger partial charge in [0, 0.05) is 12.6 Å². The van der Waals surface area contributed by atoms with Crippen LogP contribution in [0.2, 0.25) is 0 Å². The SMILES string of the molecule is Cc1occc1C(=O)N[C@@H]1CCC[C@@H]1Cn1cc(C(C)(C)O)nn1. The molecule has 0 saturated heterocycles. The van der Waals surface area contributed by atoms with Crippen LogP contribution in [0.3, 0.4) is 0 Å². The van der Waals surface area contributed by atoms with E-state index in [1.165, 1.54) is 6.26 Å². The molecule has 7 nitrogen and oxygen atoms in total. The number of nitrogens with zero attached hydrogens (tertiary/aromatic N) is 3. The molecule has 0 bridgehead atoms. The third kappa shape index (κ3) is 3.51. The summed E-state index contributed by atoms with van der Waals surface area (Å²) < 4.78 is 6.96. The molecule has 0 aromatic carbocycles. The van der Waals surface area contributed by atoms with Gasteiger partial charge in [0.25, 0.3) is 5.91 Å². The van der Waals surface area contributed by atoms with Crippen molar-refractivity contribution < 1.29 is 14.3 Å². The number of hydrogen-bond acceptors (Lipinski definition) is 5. The largest absolute Gasteiger partial charge is 0.469 e. The lowest BCUT2D eigenvalue weighted by molar-refractivity contribution is 0.0737. The number of furan rings is 1. The van der Waals surface area contributed by atoms with E-state index in [0.29, 0.717) is 29.5 Å². The number of rotatable bonds is 5. The van der Waals surface area contributed by atoms with Crippen LogP contribution in [0.1, 0.15) is 54.9 Å². The Bertz CT molecular complexity index is 713. The van der Waals surface area contributed by atoms with Crippen LogP contribution in [0.5, 0.6) is 0 Å². The van der Waals surface area contributed by atoms with Crippen LogP contribution in [0.4, 0.5) is 0 Å². The van der Waals surface area contributed by atoms with Crippen molar-refractivity contribution >= 4 is 5.91 Å². The molecule has 2 aromatic heterocycles. The van der Waals surface area contributed by atoms with Crippen LogP contribution in [0.25, 0.3) is 0 Å². The molecular formula is C17H24N4O3. The number of amides is 1. The third-order valence-electron chi connectivity index (χ3n) is 4.67. The van der Waals surface area contributed by atoms with Gasteiger partial charge in [0.1, 0.15) is 17.1 Å². The van der Waals surface area contributed by atoms with E-state index < -0.39 is 5.60 Å². The number of aliphatic hydroxyl groups is 1. The minimum Gasteiger partial charge on any atom is -0.469 e. The Morgan fingerprint density at radius 3 is 2.92 bits per heavy atom. The van der Waals surface area contributed by atoms with Crippen molar-refractivity contribution in [1.82, 2.24) is 20.3 Å². The Morgan fingerprint density at radius 1 is 1.50 bits per heavy atom. The molecule has 1 fully saturated rings. The molecule has 2 aromatic rings. The molecule has 24 heavy (non-hydrogen) atoms. The average molecular weight is 332 g/mol. The van der Waals surface area contributed by atoms with E-state index in [-0.39, 0.29) is 11.9 Å². The number of nitrogens with one attached hydrogen (secondary N) is 1. The van der Waals surface area contributed by atoms with Crippen LogP contribution in [0, 0.1) is 12.8 Å². The highest BCUT2D eigenvalue weighted by Gasteiger charge is 2.30. The van der Waals surface area contributed by atoms with Crippen molar-refractivity contribution in [2.75, 3.05) is 0 Å². The van der Waals surface area contributed by atoms with Gasteiger partial charge in [0.2, 0.25) is 0 Å². The maximum Gasteiger partial charge on any atom is 0.255 e. The number of carbonyl (C=O) groups excluding carboxylic acids is 1. The molecule has 0 aliphatic heterocycles. The molecule has 1 aliphatic carbocycles. The van der Waals surface area contributed by atoms with Gasteiger partial charge < -0.3 is 14.8 Å². The molecule has 130 valence electrons. The van der Waals surface area contributed by atoms with Crippen LogP contribution >= 0.6 is 0 Å². The molecule has 2 N–H and O–H groups in total. The average Bonchev–Trinajstić information content (AvgIpc) is 3.20. The number of carbonyl (C=O) groups is 1. The predicted molar refractivity (Wildman–Crippen MR) is 87.3 cm³/mol. The first-order valence-corrected chi connectivity index (χ1v) is 8.32. The summed E-state index contributed by atoms with van der Waals surface area (Å²) in [5.41, 5.74) is 0.140. The normalized spacial score (nSPS) is 21.2. The van der Waals surface area contributed by atoms with E-state index >= 15 is 0 Å². The minimum absolute atomic E-state index is 0.0890. The minimum atomic E-state index is -1.000. The van der Waals surface area contributed by atoms with Gasteiger partial charge in [0.05, 0.1) is 18.0 Å². The first kappa shape index (κ1) is 16.7. The van der Waals surface area contributed by atoms with Gasteiger partial charge in [-0.2, -0.15) is 0 Å². The molecule has 1 aliphatic rings. The summed E-state index contributed by atoms with van der Waals surface area (Å²) in [4.78, 5) is 12.4. The van der Waals surface area contributed by atoms with Gasteiger partial charge in [-0.25, -0.2) is 0 Å². The highest BCUT2D eigenvalue weighted by atomic mass is 16.3. The summed E-state index contributed by atoms with van der Waals surface area (Å²) in [5.74, 6) is 0.847. The highest BCUT2D eigenvalue weighted by Crippen LogP contribution is 2.28. The second-order valence-electron chi connectivity index (χ2n) is 7.05. The zero-order valence-electron chi connectivity index (χ0n) is 14.3. The van der Waals surface area contributed by atoms with E-state index in [1.807, 2.05) is 0 Å². The van der Waals surface area contributed by atoms with Gasteiger partial charge in [-0.1, -0.05) is 11.6 Å². The van der Waals surface area contributed by atoms with Gasteiger partial charge in [-0.05, 0) is 45.6 Å². The van der Waals surface area contributed by atoms with Gasteiger partial charge in [0.15, 0.2) is 0 Å². The third-order valence-corrected chi connectivity index (χ3v) is 4.67. The van der Waals surface area contributed by atoms with Crippen molar-refractivity contribution in [3.63, 3.8) is 0 Å². The molecule has 2 atom stereocenters. The lowest BCUT2D eigenvalue weighted by Crippen LogP contribution is -2.39. The summed E-state index contributed by atoms with van der Waals surface area (Å²) in [5, 5.41) is 21.2. The van der Waals surface area contributed by atoms with Crippen molar-refractivity contribution in [3.05, 3.63) is 35.5 Å². The summed E-state index contributed by atoms with van der Waals surface area (Å²) in [7, 11) is 0. The fraction of sp³-hybridized carbons (Fsp3) is 0.588. The van der Waals surface area contributed by atoms with Gasteiger partial charge >= 0.3 is 0 Å². The molecule has 2 heterocycles. The van der Waals surface area contributed by atoms with Crippen molar-refractivity contribution in [3.8, 4) is 0 Å². The van der Waals surface area contributed by atoms with Crippen LogP contribution < -0.4 is 5.32 Å². The Hall–Kier alpha value is -2.15. The lowest BCUT2D eigenvalue weighted by atomic mass is 10.0. The molecule has 1 saturated carbocycles. The maximum absolute atomic E-state index is 12.4. The fourth-order valence-corrected chi connectivity index (χ4v) is 3.22. The lowest BCUT2D eigenvalue weighted by Gasteiger charge is -2.20. The predicted octanol–water partition coefficient (Wildman–Crippen LogP) is 2.01. The first-order chi connectivity index (χ1) is 11.3. The van der Waals surface area contributed by atoms with Crippen molar-refractivity contribution in [2.45, 2.75) is 58.2 Å². The van der Waals surface area contributed by atoms with E-state index in [1.54, 1.807) is 37.7 Å². The molecule has 0 unspecified atom stereocenters. The Kier molecular flexibility index (Phi) is 4.45. The second-order valence-corrected chi connectivity index (χ2v) is 7.05.